The van der Waals surface area contributed by atoms with Gasteiger partial charge in [-0.1, -0.05) is 6.07 Å². The third kappa shape index (κ3) is 7.53. The second-order valence-electron chi connectivity index (χ2n) is 11.9. The van der Waals surface area contributed by atoms with Gasteiger partial charge < -0.3 is 14.2 Å². The van der Waals surface area contributed by atoms with Gasteiger partial charge in [0.2, 0.25) is 0 Å². The van der Waals surface area contributed by atoms with Crippen molar-refractivity contribution in [3.8, 4) is 11.5 Å². The Hall–Kier alpha value is -3.54. The molecule has 2 heterocycles. The Balaban J connectivity index is 2.34. The highest BCUT2D eigenvalue weighted by molar-refractivity contribution is 9.10. The molecule has 12 heteroatoms. The zero-order valence-electron chi connectivity index (χ0n) is 23.9. The van der Waals surface area contributed by atoms with Crippen LogP contribution >= 0.6 is 15.9 Å². The van der Waals surface area contributed by atoms with E-state index >= 15 is 0 Å². The van der Waals surface area contributed by atoms with E-state index in [2.05, 4.69) is 30.9 Å². The minimum Gasteiger partial charge on any atom is -0.443 e. The highest BCUT2D eigenvalue weighted by Crippen LogP contribution is 2.33. The van der Waals surface area contributed by atoms with E-state index in [0.29, 0.717) is 15.9 Å². The molecular formula is C27H34BrN5O6. The van der Waals surface area contributed by atoms with Crippen molar-refractivity contribution in [1.82, 2.24) is 19.5 Å². The van der Waals surface area contributed by atoms with Crippen LogP contribution in [-0.2, 0) is 14.2 Å². The van der Waals surface area contributed by atoms with Gasteiger partial charge in [-0.2, -0.15) is 4.90 Å². The van der Waals surface area contributed by atoms with Gasteiger partial charge in [0.25, 0.3) is 0 Å². The number of benzene rings is 1. The standard InChI is InChI=1S/C27H34BrN5O6/c1-15-11-12-16-17(13-15)32(22(34)37-25(2,3)4)21(30-16)19-20(29-14-18(28)31-19)33(23(35)38-26(5,6)7)24(36)39-27(8,9)10/h11-14H,1-10H3. The average Bonchev–Trinajstić information content (AvgIpc) is 3.09. The number of fused-ring (bicyclic) bond motifs is 1. The number of imide groups is 1. The summed E-state index contributed by atoms with van der Waals surface area (Å²) < 4.78 is 18.2. The van der Waals surface area contributed by atoms with Crippen LogP contribution in [0.2, 0.25) is 0 Å². The molecule has 3 rings (SSSR count). The van der Waals surface area contributed by atoms with Crippen molar-refractivity contribution < 1.29 is 28.6 Å². The van der Waals surface area contributed by atoms with Crippen LogP contribution in [0.3, 0.4) is 0 Å². The lowest BCUT2D eigenvalue weighted by molar-refractivity contribution is 0.0427. The molecule has 2 amide bonds. The van der Waals surface area contributed by atoms with E-state index in [1.165, 1.54) is 10.8 Å². The largest absolute Gasteiger partial charge is 0.443 e. The molecule has 39 heavy (non-hydrogen) atoms. The number of rotatable bonds is 2. The molecule has 3 aromatic rings. The highest BCUT2D eigenvalue weighted by atomic mass is 79.9. The lowest BCUT2D eigenvalue weighted by atomic mass is 10.2. The van der Waals surface area contributed by atoms with E-state index in [1.54, 1.807) is 74.4 Å². The molecule has 2 aromatic heterocycles. The van der Waals surface area contributed by atoms with Crippen LogP contribution in [0.1, 0.15) is 67.9 Å². The first-order chi connectivity index (χ1) is 17.8. The molecule has 11 nitrogen and oxygen atoms in total. The first-order valence-corrected chi connectivity index (χ1v) is 13.1. The summed E-state index contributed by atoms with van der Waals surface area (Å²) in [5.74, 6) is -0.232. The topological polar surface area (TPSA) is 126 Å². The lowest BCUT2D eigenvalue weighted by Crippen LogP contribution is -2.44. The summed E-state index contributed by atoms with van der Waals surface area (Å²) in [6.07, 6.45) is -1.49. The van der Waals surface area contributed by atoms with E-state index in [0.717, 1.165) is 5.56 Å². The van der Waals surface area contributed by atoms with Crippen LogP contribution in [0.5, 0.6) is 0 Å². The van der Waals surface area contributed by atoms with Crippen molar-refractivity contribution in [2.45, 2.75) is 86.0 Å². The van der Waals surface area contributed by atoms with Gasteiger partial charge in [-0.05, 0) is 103 Å². The van der Waals surface area contributed by atoms with Crippen LogP contribution < -0.4 is 4.90 Å². The number of imidazole rings is 1. The van der Waals surface area contributed by atoms with Gasteiger partial charge in [-0.25, -0.2) is 33.9 Å². The predicted molar refractivity (Wildman–Crippen MR) is 150 cm³/mol. The second-order valence-corrected chi connectivity index (χ2v) is 12.7. The minimum absolute atomic E-state index is 0.00534. The van der Waals surface area contributed by atoms with Crippen molar-refractivity contribution >= 4 is 51.1 Å². The fraction of sp³-hybridized carbons (Fsp3) is 0.481. The molecule has 0 unspecified atom stereocenters. The maximum Gasteiger partial charge on any atom is 0.425 e. The SMILES string of the molecule is Cc1ccc2nc(-c3nc(Br)cnc3N(C(=O)OC(C)(C)C)C(=O)OC(C)(C)C)n(C(=O)OC(C)(C)C)c2c1. The third-order valence-corrected chi connectivity index (χ3v) is 5.07. The first-order valence-electron chi connectivity index (χ1n) is 12.3. The second kappa shape index (κ2) is 10.6. The van der Waals surface area contributed by atoms with Crippen molar-refractivity contribution in [2.24, 2.45) is 0 Å². The van der Waals surface area contributed by atoms with E-state index in [4.69, 9.17) is 14.2 Å². The summed E-state index contributed by atoms with van der Waals surface area (Å²) in [6, 6.07) is 5.37. The fourth-order valence-corrected chi connectivity index (χ4v) is 3.65. The number of nitrogens with zero attached hydrogens (tertiary/aromatic N) is 5. The van der Waals surface area contributed by atoms with Gasteiger partial charge in [0, 0.05) is 0 Å². The summed E-state index contributed by atoms with van der Waals surface area (Å²) in [5, 5.41) is 0. The summed E-state index contributed by atoms with van der Waals surface area (Å²) in [4.78, 5) is 54.4. The summed E-state index contributed by atoms with van der Waals surface area (Å²) >= 11 is 3.30. The predicted octanol–water partition coefficient (Wildman–Crippen LogP) is 7.02. The fourth-order valence-electron chi connectivity index (χ4n) is 3.37. The Labute approximate surface area is 236 Å². The maximum atomic E-state index is 13.5. The normalized spacial score (nSPS) is 12.3. The Morgan fingerprint density at radius 3 is 1.90 bits per heavy atom. The molecular weight excluding hydrogens is 570 g/mol. The van der Waals surface area contributed by atoms with Crippen LogP contribution in [0.25, 0.3) is 22.6 Å². The molecule has 0 radical (unpaired) electrons. The van der Waals surface area contributed by atoms with Crippen LogP contribution in [0.4, 0.5) is 20.2 Å². The molecule has 0 atom stereocenters. The Bertz CT molecular complexity index is 1400. The van der Waals surface area contributed by atoms with Gasteiger partial charge in [0.1, 0.15) is 21.4 Å². The number of aromatic nitrogens is 4. The number of hydrogen-bond donors (Lipinski definition) is 0. The molecule has 0 aliphatic rings. The Kier molecular flexibility index (Phi) is 8.12. The lowest BCUT2D eigenvalue weighted by Gasteiger charge is -2.28. The molecule has 0 saturated heterocycles. The molecule has 0 fully saturated rings. The van der Waals surface area contributed by atoms with E-state index in [1.807, 2.05) is 13.0 Å². The Morgan fingerprint density at radius 1 is 0.846 bits per heavy atom. The molecule has 1 aromatic carbocycles. The van der Waals surface area contributed by atoms with Crippen LogP contribution in [0.15, 0.2) is 29.0 Å². The van der Waals surface area contributed by atoms with E-state index < -0.39 is 35.1 Å². The quantitative estimate of drug-likeness (QED) is 0.284. The van der Waals surface area contributed by atoms with Gasteiger partial charge in [-0.15, -0.1) is 0 Å². The van der Waals surface area contributed by atoms with Crippen LogP contribution in [0, 0.1) is 6.92 Å². The molecule has 210 valence electrons. The number of anilines is 1. The zero-order chi connectivity index (χ0) is 29.5. The van der Waals surface area contributed by atoms with Crippen LogP contribution in [-0.4, -0.2) is 54.6 Å². The zero-order valence-corrected chi connectivity index (χ0v) is 25.5. The van der Waals surface area contributed by atoms with E-state index in [9.17, 15) is 14.4 Å². The van der Waals surface area contributed by atoms with Crippen molar-refractivity contribution in [2.75, 3.05) is 4.90 Å². The molecule has 0 aliphatic heterocycles. The van der Waals surface area contributed by atoms with Crippen molar-refractivity contribution in [1.29, 1.82) is 0 Å². The summed E-state index contributed by atoms with van der Waals surface area (Å²) in [5.41, 5.74) is -0.963. The summed E-state index contributed by atoms with van der Waals surface area (Å²) in [7, 11) is 0. The summed E-state index contributed by atoms with van der Waals surface area (Å²) in [6.45, 7) is 17.1. The van der Waals surface area contributed by atoms with Gasteiger partial charge in [0.05, 0.1) is 17.2 Å². The molecule has 0 saturated carbocycles. The van der Waals surface area contributed by atoms with Gasteiger partial charge in [-0.3, -0.25) is 0 Å². The average molecular weight is 605 g/mol. The van der Waals surface area contributed by atoms with Crippen molar-refractivity contribution in [3.63, 3.8) is 0 Å². The smallest absolute Gasteiger partial charge is 0.425 e. The van der Waals surface area contributed by atoms with Gasteiger partial charge in [0.15, 0.2) is 17.3 Å². The maximum absolute atomic E-state index is 13.5. The number of carbonyl (C=O) groups excluding carboxylic acids is 3. The number of ether oxygens (including phenoxy) is 3. The monoisotopic (exact) mass is 603 g/mol. The molecule has 0 aliphatic carbocycles. The number of aryl methyl sites for hydroxylation is 1. The molecule has 0 N–H and O–H groups in total. The van der Waals surface area contributed by atoms with E-state index in [-0.39, 0.29) is 21.9 Å². The number of hydrogen-bond acceptors (Lipinski definition) is 9. The number of amides is 2. The number of halogens is 1. The Morgan fingerprint density at radius 2 is 1.38 bits per heavy atom. The van der Waals surface area contributed by atoms with Crippen molar-refractivity contribution in [3.05, 3.63) is 34.6 Å². The molecule has 0 spiro atoms. The van der Waals surface area contributed by atoms with Gasteiger partial charge >= 0.3 is 18.3 Å². The minimum atomic E-state index is -1.04. The number of carbonyl (C=O) groups is 3. The third-order valence-electron chi connectivity index (χ3n) is 4.69. The highest BCUT2D eigenvalue weighted by Gasteiger charge is 2.37. The molecule has 0 bridgehead atoms. The first kappa shape index (κ1) is 30.0.